The van der Waals surface area contributed by atoms with Crippen LogP contribution in [0.15, 0.2) is 64.0 Å². The maximum Gasteiger partial charge on any atom is 0.261 e. The number of halogens is 3. The van der Waals surface area contributed by atoms with Gasteiger partial charge in [0.15, 0.2) is 0 Å². The first-order valence-electron chi connectivity index (χ1n) is 10.2. The topological polar surface area (TPSA) is 49.4 Å². The van der Waals surface area contributed by atoms with Crippen LogP contribution in [0.3, 0.4) is 0 Å². The van der Waals surface area contributed by atoms with Crippen LogP contribution in [0.25, 0.3) is 0 Å². The van der Waals surface area contributed by atoms with Gasteiger partial charge in [0.25, 0.3) is 10.0 Å². The molecular weight excluding hydrogens is 515 g/mol. The summed E-state index contributed by atoms with van der Waals surface area (Å²) in [5, 5.41) is -0.229. The number of fused-ring (bicyclic) bond motifs is 1. The standard InChI is InChI=1S/C24H23BrClFN2O2S/c1-15-5-3-4-6-24(15)29(2)16-7-9-18-19(13-16)20(25)10-12-23(18)28-32(30,31)17-8-11-22(27)21(26)14-17/h3-6,8,10-12,14,16,28H,7,9,13H2,1-2H3/t16-/m0/s1. The zero-order valence-corrected chi connectivity index (χ0v) is 20.9. The maximum absolute atomic E-state index is 13.5. The predicted octanol–water partition coefficient (Wildman–Crippen LogP) is 6.34. The Morgan fingerprint density at radius 2 is 1.88 bits per heavy atom. The van der Waals surface area contributed by atoms with Gasteiger partial charge in [0.1, 0.15) is 5.82 Å². The van der Waals surface area contributed by atoms with Crippen molar-refractivity contribution in [2.24, 2.45) is 0 Å². The van der Waals surface area contributed by atoms with Crippen LogP contribution in [0.2, 0.25) is 5.02 Å². The molecule has 0 unspecified atom stereocenters. The van der Waals surface area contributed by atoms with Crippen molar-refractivity contribution < 1.29 is 12.8 Å². The molecule has 4 nitrogen and oxygen atoms in total. The molecule has 1 N–H and O–H groups in total. The highest BCUT2D eigenvalue weighted by atomic mass is 79.9. The molecule has 0 aromatic heterocycles. The smallest absolute Gasteiger partial charge is 0.261 e. The fourth-order valence-corrected chi connectivity index (χ4v) is 6.15. The third kappa shape index (κ3) is 4.51. The first kappa shape index (κ1) is 23.1. The molecule has 0 aliphatic heterocycles. The fourth-order valence-electron chi connectivity index (χ4n) is 4.25. The molecule has 0 amide bonds. The van der Waals surface area contributed by atoms with Gasteiger partial charge < -0.3 is 4.90 Å². The van der Waals surface area contributed by atoms with Crippen LogP contribution < -0.4 is 9.62 Å². The van der Waals surface area contributed by atoms with E-state index in [9.17, 15) is 12.8 Å². The molecule has 1 atom stereocenters. The quantitative estimate of drug-likeness (QED) is 0.413. The zero-order chi connectivity index (χ0) is 23.0. The Morgan fingerprint density at radius 3 is 2.59 bits per heavy atom. The van der Waals surface area contributed by atoms with E-state index in [-0.39, 0.29) is 9.92 Å². The van der Waals surface area contributed by atoms with Crippen LogP contribution in [0.1, 0.15) is 23.1 Å². The van der Waals surface area contributed by atoms with Crippen molar-refractivity contribution in [1.29, 1.82) is 0 Å². The summed E-state index contributed by atoms with van der Waals surface area (Å²) in [7, 11) is -1.80. The molecule has 0 bridgehead atoms. The van der Waals surface area contributed by atoms with Gasteiger partial charge in [-0.3, -0.25) is 4.72 Å². The van der Waals surface area contributed by atoms with E-state index in [1.165, 1.54) is 17.3 Å². The summed E-state index contributed by atoms with van der Waals surface area (Å²) in [6.07, 6.45) is 2.42. The molecule has 3 aromatic carbocycles. The van der Waals surface area contributed by atoms with Crippen LogP contribution in [0, 0.1) is 12.7 Å². The number of aryl methyl sites for hydroxylation is 1. The van der Waals surface area contributed by atoms with Crippen LogP contribution >= 0.6 is 27.5 Å². The molecular formula is C24H23BrClFN2O2S. The fraction of sp³-hybridized carbons (Fsp3) is 0.250. The van der Waals surface area contributed by atoms with Gasteiger partial charge in [-0.25, -0.2) is 12.8 Å². The van der Waals surface area contributed by atoms with E-state index in [2.05, 4.69) is 51.7 Å². The first-order chi connectivity index (χ1) is 15.2. The molecule has 1 aliphatic carbocycles. The minimum absolute atomic E-state index is 0.0754. The van der Waals surface area contributed by atoms with Crippen molar-refractivity contribution in [1.82, 2.24) is 0 Å². The summed E-state index contributed by atoms with van der Waals surface area (Å²) in [6, 6.07) is 15.6. The van der Waals surface area contributed by atoms with E-state index in [0.717, 1.165) is 47.0 Å². The lowest BCUT2D eigenvalue weighted by atomic mass is 9.86. The number of hydrogen-bond donors (Lipinski definition) is 1. The molecule has 32 heavy (non-hydrogen) atoms. The molecule has 0 radical (unpaired) electrons. The lowest BCUT2D eigenvalue weighted by Crippen LogP contribution is -2.37. The highest BCUT2D eigenvalue weighted by Gasteiger charge is 2.28. The molecule has 0 fully saturated rings. The second-order valence-electron chi connectivity index (χ2n) is 8.03. The molecule has 0 spiro atoms. The molecule has 0 saturated heterocycles. The minimum atomic E-state index is -3.90. The van der Waals surface area contributed by atoms with Gasteiger partial charge in [0, 0.05) is 23.2 Å². The van der Waals surface area contributed by atoms with Crippen molar-refractivity contribution >= 4 is 48.9 Å². The van der Waals surface area contributed by atoms with Gasteiger partial charge in [0.2, 0.25) is 0 Å². The lowest BCUT2D eigenvalue weighted by Gasteiger charge is -2.36. The maximum atomic E-state index is 13.5. The summed E-state index contributed by atoms with van der Waals surface area (Å²) in [6.45, 7) is 2.10. The van der Waals surface area contributed by atoms with Crippen molar-refractivity contribution in [3.05, 3.63) is 86.6 Å². The number of sulfonamides is 1. The van der Waals surface area contributed by atoms with Crippen LogP contribution in [-0.2, 0) is 22.9 Å². The van der Waals surface area contributed by atoms with Gasteiger partial charge in [-0.2, -0.15) is 0 Å². The van der Waals surface area contributed by atoms with Crippen molar-refractivity contribution in [3.8, 4) is 0 Å². The van der Waals surface area contributed by atoms with Gasteiger partial charge in [-0.15, -0.1) is 0 Å². The highest BCUT2D eigenvalue weighted by Crippen LogP contribution is 2.37. The number of likely N-dealkylation sites (N-methyl/N-ethyl adjacent to an activating group) is 1. The van der Waals surface area contributed by atoms with Crippen LogP contribution in [-0.4, -0.2) is 21.5 Å². The summed E-state index contributed by atoms with van der Waals surface area (Å²) < 4.78 is 43.0. The molecule has 168 valence electrons. The number of rotatable bonds is 5. The van der Waals surface area contributed by atoms with Gasteiger partial charge in [-0.05, 0) is 79.3 Å². The van der Waals surface area contributed by atoms with Gasteiger partial charge >= 0.3 is 0 Å². The number of nitrogens with zero attached hydrogens (tertiary/aromatic N) is 1. The largest absolute Gasteiger partial charge is 0.371 e. The number of para-hydroxylation sites is 1. The van der Waals surface area contributed by atoms with E-state index in [0.29, 0.717) is 11.7 Å². The first-order valence-corrected chi connectivity index (χ1v) is 12.9. The summed E-state index contributed by atoms with van der Waals surface area (Å²) in [5.74, 6) is -0.657. The third-order valence-corrected chi connectivity index (χ3v) is 8.43. The predicted molar refractivity (Wildman–Crippen MR) is 132 cm³/mol. The number of nitrogens with one attached hydrogen (secondary N) is 1. The summed E-state index contributed by atoms with van der Waals surface area (Å²) >= 11 is 9.44. The van der Waals surface area contributed by atoms with E-state index in [1.54, 1.807) is 6.07 Å². The SMILES string of the molecule is Cc1ccccc1N(C)[C@H]1CCc2c(NS(=O)(=O)c3ccc(F)c(Cl)c3)ccc(Br)c2C1. The monoisotopic (exact) mass is 536 g/mol. The van der Waals surface area contributed by atoms with E-state index in [4.69, 9.17) is 11.6 Å². The molecule has 8 heteroatoms. The van der Waals surface area contributed by atoms with Gasteiger partial charge in [0.05, 0.1) is 15.6 Å². The molecule has 3 aromatic rings. The Bertz CT molecular complexity index is 1280. The number of anilines is 2. The van der Waals surface area contributed by atoms with Crippen molar-refractivity contribution in [3.63, 3.8) is 0 Å². The van der Waals surface area contributed by atoms with Crippen molar-refractivity contribution in [2.45, 2.75) is 37.1 Å². The van der Waals surface area contributed by atoms with Gasteiger partial charge in [-0.1, -0.05) is 45.7 Å². The number of benzene rings is 3. The average molecular weight is 538 g/mol. The highest BCUT2D eigenvalue weighted by molar-refractivity contribution is 9.10. The van der Waals surface area contributed by atoms with E-state index < -0.39 is 15.8 Å². The molecule has 1 aliphatic rings. The van der Waals surface area contributed by atoms with E-state index >= 15 is 0 Å². The summed E-state index contributed by atoms with van der Waals surface area (Å²) in [5.41, 5.74) is 5.03. The Balaban J connectivity index is 1.63. The zero-order valence-electron chi connectivity index (χ0n) is 17.7. The second-order valence-corrected chi connectivity index (χ2v) is 11.0. The van der Waals surface area contributed by atoms with E-state index in [1.807, 2.05) is 18.2 Å². The number of hydrogen-bond acceptors (Lipinski definition) is 3. The molecule has 4 rings (SSSR count). The third-order valence-electron chi connectivity index (χ3n) is 6.03. The molecule has 0 heterocycles. The Hall–Kier alpha value is -2.09. The second kappa shape index (κ2) is 9.04. The van der Waals surface area contributed by atoms with Crippen molar-refractivity contribution in [2.75, 3.05) is 16.7 Å². The normalized spacial score (nSPS) is 15.8. The van der Waals surface area contributed by atoms with Crippen LogP contribution in [0.5, 0.6) is 0 Å². The molecule has 0 saturated carbocycles. The minimum Gasteiger partial charge on any atom is -0.371 e. The Labute approximate surface area is 201 Å². The Morgan fingerprint density at radius 1 is 1.12 bits per heavy atom. The van der Waals surface area contributed by atoms with Crippen LogP contribution in [0.4, 0.5) is 15.8 Å². The summed E-state index contributed by atoms with van der Waals surface area (Å²) in [4.78, 5) is 2.23. The lowest BCUT2D eigenvalue weighted by molar-refractivity contribution is 0.547. The average Bonchev–Trinajstić information content (AvgIpc) is 2.77. The Kier molecular flexibility index (Phi) is 6.52.